The fourth-order valence-corrected chi connectivity index (χ4v) is 1.57. The first-order chi connectivity index (χ1) is 8.03. The number of anilines is 1. The fourth-order valence-electron chi connectivity index (χ4n) is 1.57. The standard InChI is InChI=1S/C12H19N3O2/c1-12(2,8-16)7-14-10-11(17)15(6-5-13-10)9-3-4-9/h5-6,9,16H,3-4,7-8H2,1-2H3,(H,13,14). The highest BCUT2D eigenvalue weighted by molar-refractivity contribution is 5.31. The van der Waals surface area contributed by atoms with Crippen LogP contribution in [-0.4, -0.2) is 27.8 Å². The maximum absolute atomic E-state index is 12.0. The number of nitrogens with zero attached hydrogens (tertiary/aromatic N) is 2. The topological polar surface area (TPSA) is 67.2 Å². The molecule has 1 heterocycles. The molecule has 0 amide bonds. The number of hydrogen-bond acceptors (Lipinski definition) is 4. The molecule has 1 aliphatic carbocycles. The molecule has 2 rings (SSSR count). The van der Waals surface area contributed by atoms with Crippen molar-refractivity contribution < 1.29 is 5.11 Å². The van der Waals surface area contributed by atoms with E-state index in [0.29, 0.717) is 18.4 Å². The van der Waals surface area contributed by atoms with Crippen LogP contribution in [0.4, 0.5) is 5.82 Å². The van der Waals surface area contributed by atoms with Crippen LogP contribution in [0.25, 0.3) is 0 Å². The van der Waals surface area contributed by atoms with Gasteiger partial charge in [0.05, 0.1) is 0 Å². The molecule has 0 unspecified atom stereocenters. The Morgan fingerprint density at radius 1 is 1.59 bits per heavy atom. The van der Waals surface area contributed by atoms with Gasteiger partial charge in [-0.15, -0.1) is 0 Å². The maximum Gasteiger partial charge on any atom is 0.293 e. The molecular weight excluding hydrogens is 218 g/mol. The van der Waals surface area contributed by atoms with Crippen molar-refractivity contribution in [2.45, 2.75) is 32.7 Å². The molecule has 0 radical (unpaired) electrons. The number of aromatic nitrogens is 2. The zero-order valence-electron chi connectivity index (χ0n) is 10.3. The van der Waals surface area contributed by atoms with E-state index in [2.05, 4.69) is 10.3 Å². The lowest BCUT2D eigenvalue weighted by atomic mass is 9.95. The van der Waals surface area contributed by atoms with Crippen molar-refractivity contribution in [2.75, 3.05) is 18.5 Å². The monoisotopic (exact) mass is 237 g/mol. The van der Waals surface area contributed by atoms with Gasteiger partial charge < -0.3 is 15.0 Å². The van der Waals surface area contributed by atoms with Gasteiger partial charge in [0.2, 0.25) is 0 Å². The third kappa shape index (κ3) is 2.85. The third-order valence-electron chi connectivity index (χ3n) is 2.97. The molecule has 1 aliphatic rings. The predicted molar refractivity (Wildman–Crippen MR) is 66.1 cm³/mol. The summed E-state index contributed by atoms with van der Waals surface area (Å²) in [6, 6.07) is 0.358. The molecule has 5 heteroatoms. The van der Waals surface area contributed by atoms with Crippen LogP contribution in [-0.2, 0) is 0 Å². The number of hydrogen-bond donors (Lipinski definition) is 2. The van der Waals surface area contributed by atoms with Gasteiger partial charge in [-0.25, -0.2) is 4.98 Å². The SMILES string of the molecule is CC(C)(CO)CNc1nccn(C2CC2)c1=O. The van der Waals surface area contributed by atoms with Crippen LogP contribution >= 0.6 is 0 Å². The minimum absolute atomic E-state index is 0.0660. The molecule has 0 aromatic carbocycles. The van der Waals surface area contributed by atoms with E-state index in [-0.39, 0.29) is 17.6 Å². The van der Waals surface area contributed by atoms with E-state index in [1.807, 2.05) is 13.8 Å². The summed E-state index contributed by atoms with van der Waals surface area (Å²) in [6.45, 7) is 4.47. The van der Waals surface area contributed by atoms with Crippen molar-refractivity contribution in [2.24, 2.45) is 5.41 Å². The molecule has 1 saturated carbocycles. The molecule has 5 nitrogen and oxygen atoms in total. The number of rotatable bonds is 5. The Morgan fingerprint density at radius 2 is 2.29 bits per heavy atom. The number of aliphatic hydroxyl groups is 1. The second-order valence-corrected chi connectivity index (χ2v) is 5.40. The van der Waals surface area contributed by atoms with Gasteiger partial charge in [0, 0.05) is 37.0 Å². The van der Waals surface area contributed by atoms with Crippen LogP contribution < -0.4 is 10.9 Å². The molecular formula is C12H19N3O2. The highest BCUT2D eigenvalue weighted by atomic mass is 16.3. The first-order valence-electron chi connectivity index (χ1n) is 5.95. The summed E-state index contributed by atoms with van der Waals surface area (Å²) in [7, 11) is 0. The number of nitrogens with one attached hydrogen (secondary N) is 1. The molecule has 1 fully saturated rings. The van der Waals surface area contributed by atoms with Crippen molar-refractivity contribution >= 4 is 5.82 Å². The molecule has 1 aromatic rings. The first-order valence-corrected chi connectivity index (χ1v) is 5.95. The normalized spacial score (nSPS) is 15.9. The van der Waals surface area contributed by atoms with Crippen LogP contribution in [0.15, 0.2) is 17.2 Å². The molecule has 94 valence electrons. The van der Waals surface area contributed by atoms with E-state index in [9.17, 15) is 4.79 Å². The van der Waals surface area contributed by atoms with Gasteiger partial charge >= 0.3 is 0 Å². The highest BCUT2D eigenvalue weighted by Gasteiger charge is 2.25. The largest absolute Gasteiger partial charge is 0.396 e. The van der Waals surface area contributed by atoms with Crippen LogP contribution in [0, 0.1) is 5.41 Å². The van der Waals surface area contributed by atoms with Crippen molar-refractivity contribution in [1.82, 2.24) is 9.55 Å². The van der Waals surface area contributed by atoms with Gasteiger partial charge in [0.15, 0.2) is 5.82 Å². The van der Waals surface area contributed by atoms with Gasteiger partial charge in [-0.1, -0.05) is 13.8 Å². The second kappa shape index (κ2) is 4.49. The molecule has 0 saturated heterocycles. The average Bonchev–Trinajstić information content (AvgIpc) is 3.12. The Hall–Kier alpha value is -1.36. The van der Waals surface area contributed by atoms with Crippen molar-refractivity contribution in [3.63, 3.8) is 0 Å². The Morgan fingerprint density at radius 3 is 2.88 bits per heavy atom. The van der Waals surface area contributed by atoms with E-state index < -0.39 is 0 Å². The van der Waals surface area contributed by atoms with Crippen molar-refractivity contribution in [1.29, 1.82) is 0 Å². The molecule has 0 atom stereocenters. The Bertz CT molecular complexity index is 449. The van der Waals surface area contributed by atoms with E-state index in [4.69, 9.17) is 5.11 Å². The summed E-state index contributed by atoms with van der Waals surface area (Å²) in [5.74, 6) is 0.376. The quantitative estimate of drug-likeness (QED) is 0.802. The zero-order chi connectivity index (χ0) is 12.5. The lowest BCUT2D eigenvalue weighted by Crippen LogP contribution is -2.31. The summed E-state index contributed by atoms with van der Waals surface area (Å²) in [4.78, 5) is 16.1. The molecule has 0 bridgehead atoms. The predicted octanol–water partition coefficient (Wildman–Crippen LogP) is 1.01. The summed E-state index contributed by atoms with van der Waals surface area (Å²) in [5, 5.41) is 12.2. The molecule has 1 aromatic heterocycles. The van der Waals surface area contributed by atoms with Crippen molar-refractivity contribution in [3.05, 3.63) is 22.7 Å². The molecule has 17 heavy (non-hydrogen) atoms. The van der Waals surface area contributed by atoms with E-state index in [1.165, 1.54) is 0 Å². The molecule has 0 aliphatic heterocycles. The lowest BCUT2D eigenvalue weighted by molar-refractivity contribution is 0.170. The summed E-state index contributed by atoms with van der Waals surface area (Å²) in [6.07, 6.45) is 5.54. The Labute approximate surface area is 100 Å². The Kier molecular flexibility index (Phi) is 3.19. The highest BCUT2D eigenvalue weighted by Crippen LogP contribution is 2.33. The second-order valence-electron chi connectivity index (χ2n) is 5.40. The smallest absolute Gasteiger partial charge is 0.293 e. The van der Waals surface area contributed by atoms with Crippen LogP contribution in [0.3, 0.4) is 0 Å². The number of aliphatic hydroxyl groups excluding tert-OH is 1. The van der Waals surface area contributed by atoms with Gasteiger partial charge in [-0.05, 0) is 12.8 Å². The average molecular weight is 237 g/mol. The summed E-state index contributed by atoms with van der Waals surface area (Å²) in [5.41, 5.74) is -0.322. The summed E-state index contributed by atoms with van der Waals surface area (Å²) < 4.78 is 1.74. The van der Waals surface area contributed by atoms with E-state index >= 15 is 0 Å². The molecule has 0 spiro atoms. The van der Waals surface area contributed by atoms with Crippen LogP contribution in [0.1, 0.15) is 32.7 Å². The fraction of sp³-hybridized carbons (Fsp3) is 0.667. The minimum atomic E-state index is -0.256. The summed E-state index contributed by atoms with van der Waals surface area (Å²) >= 11 is 0. The van der Waals surface area contributed by atoms with Gasteiger partial charge in [0.25, 0.3) is 5.56 Å². The third-order valence-corrected chi connectivity index (χ3v) is 2.97. The van der Waals surface area contributed by atoms with E-state index in [1.54, 1.807) is 17.0 Å². The Balaban J connectivity index is 2.11. The van der Waals surface area contributed by atoms with Gasteiger partial charge in [-0.2, -0.15) is 0 Å². The molecule has 2 N–H and O–H groups in total. The zero-order valence-corrected chi connectivity index (χ0v) is 10.3. The first kappa shape index (κ1) is 12.1. The van der Waals surface area contributed by atoms with Gasteiger partial charge in [0.1, 0.15) is 0 Å². The van der Waals surface area contributed by atoms with Gasteiger partial charge in [-0.3, -0.25) is 4.79 Å². The lowest BCUT2D eigenvalue weighted by Gasteiger charge is -2.22. The van der Waals surface area contributed by atoms with Crippen LogP contribution in [0.5, 0.6) is 0 Å². The minimum Gasteiger partial charge on any atom is -0.396 e. The maximum atomic E-state index is 12.0. The van der Waals surface area contributed by atoms with Crippen molar-refractivity contribution in [3.8, 4) is 0 Å². The van der Waals surface area contributed by atoms with Crippen LogP contribution in [0.2, 0.25) is 0 Å². The van der Waals surface area contributed by atoms with E-state index in [0.717, 1.165) is 12.8 Å².